The van der Waals surface area contributed by atoms with E-state index in [2.05, 4.69) is 9.97 Å². The van der Waals surface area contributed by atoms with Gasteiger partial charge in [0.05, 0.1) is 0 Å². The van der Waals surface area contributed by atoms with Crippen molar-refractivity contribution in [2.75, 3.05) is 5.73 Å². The lowest BCUT2D eigenvalue weighted by Gasteiger charge is -2.06. The van der Waals surface area contributed by atoms with Gasteiger partial charge in [0, 0.05) is 12.4 Å². The number of anilines is 1. The summed E-state index contributed by atoms with van der Waals surface area (Å²) in [6.45, 7) is 1.98. The highest BCUT2D eigenvalue weighted by Gasteiger charge is 2.03. The lowest BCUT2D eigenvalue weighted by Crippen LogP contribution is -1.93. The van der Waals surface area contributed by atoms with Crippen LogP contribution in [0.1, 0.15) is 5.56 Å². The second-order valence-corrected chi connectivity index (χ2v) is 3.68. The number of aromatic nitrogens is 2. The first kappa shape index (κ1) is 9.93. The Bertz CT molecular complexity index is 497. The molecule has 0 saturated carbocycles. The number of halogens is 1. The first-order valence-electron chi connectivity index (χ1n) is 4.51. The van der Waals surface area contributed by atoms with Crippen LogP contribution in [0.3, 0.4) is 0 Å². The Hall–Kier alpha value is -1.61. The standard InChI is InChI=1S/C11H10ClN3/c1-7-6-15-11(13)5-9(7)8-2-3-14-10(12)4-8/h2-6H,1H3,(H2,13,15). The molecule has 0 aromatic carbocycles. The Labute approximate surface area is 92.9 Å². The molecule has 2 rings (SSSR count). The number of pyridine rings is 2. The maximum absolute atomic E-state index is 5.83. The molecule has 0 saturated heterocycles. The Balaban J connectivity index is 2.58. The van der Waals surface area contributed by atoms with E-state index in [0.717, 1.165) is 16.7 Å². The molecule has 0 aliphatic rings. The Kier molecular flexibility index (Phi) is 2.56. The molecule has 0 spiro atoms. The van der Waals surface area contributed by atoms with Crippen molar-refractivity contribution in [3.8, 4) is 11.1 Å². The topological polar surface area (TPSA) is 51.8 Å². The first-order valence-corrected chi connectivity index (χ1v) is 4.88. The molecule has 0 bridgehead atoms. The van der Waals surface area contributed by atoms with Gasteiger partial charge in [-0.3, -0.25) is 0 Å². The largest absolute Gasteiger partial charge is 0.384 e. The van der Waals surface area contributed by atoms with Crippen LogP contribution in [0.2, 0.25) is 5.15 Å². The van der Waals surface area contributed by atoms with Gasteiger partial charge in [0.15, 0.2) is 0 Å². The molecule has 0 atom stereocenters. The average Bonchev–Trinajstić information content (AvgIpc) is 2.22. The van der Waals surface area contributed by atoms with Crippen LogP contribution in [0, 0.1) is 6.92 Å². The van der Waals surface area contributed by atoms with E-state index in [1.807, 2.05) is 25.1 Å². The lowest BCUT2D eigenvalue weighted by atomic mass is 10.0. The molecule has 3 nitrogen and oxygen atoms in total. The Morgan fingerprint density at radius 3 is 2.80 bits per heavy atom. The van der Waals surface area contributed by atoms with Gasteiger partial charge in [-0.25, -0.2) is 9.97 Å². The van der Waals surface area contributed by atoms with E-state index < -0.39 is 0 Å². The highest BCUT2D eigenvalue weighted by atomic mass is 35.5. The van der Waals surface area contributed by atoms with Crippen molar-refractivity contribution in [3.63, 3.8) is 0 Å². The average molecular weight is 220 g/mol. The van der Waals surface area contributed by atoms with Gasteiger partial charge in [0.1, 0.15) is 11.0 Å². The molecule has 0 radical (unpaired) electrons. The van der Waals surface area contributed by atoms with Crippen molar-refractivity contribution in [1.29, 1.82) is 0 Å². The normalized spacial score (nSPS) is 10.3. The van der Waals surface area contributed by atoms with E-state index in [4.69, 9.17) is 17.3 Å². The van der Waals surface area contributed by atoms with Crippen molar-refractivity contribution in [3.05, 3.63) is 41.3 Å². The summed E-state index contributed by atoms with van der Waals surface area (Å²) < 4.78 is 0. The number of aryl methyl sites for hydroxylation is 1. The van der Waals surface area contributed by atoms with Gasteiger partial charge in [-0.1, -0.05) is 11.6 Å². The molecule has 0 amide bonds. The number of rotatable bonds is 1. The van der Waals surface area contributed by atoms with Crippen LogP contribution in [-0.2, 0) is 0 Å². The van der Waals surface area contributed by atoms with Gasteiger partial charge in [-0.15, -0.1) is 0 Å². The molecule has 0 aliphatic heterocycles. The summed E-state index contributed by atoms with van der Waals surface area (Å²) in [5.74, 6) is 0.503. The van der Waals surface area contributed by atoms with Crippen molar-refractivity contribution in [2.45, 2.75) is 6.92 Å². The number of nitrogens with two attached hydrogens (primary N) is 1. The molecule has 0 aliphatic carbocycles. The zero-order valence-corrected chi connectivity index (χ0v) is 8.99. The Morgan fingerprint density at radius 2 is 2.07 bits per heavy atom. The third-order valence-corrected chi connectivity index (χ3v) is 2.37. The van der Waals surface area contributed by atoms with Gasteiger partial charge in [-0.2, -0.15) is 0 Å². The molecule has 2 aromatic rings. The van der Waals surface area contributed by atoms with E-state index in [1.54, 1.807) is 12.4 Å². The fraction of sp³-hybridized carbons (Fsp3) is 0.0909. The quantitative estimate of drug-likeness (QED) is 0.751. The van der Waals surface area contributed by atoms with Crippen LogP contribution in [0.25, 0.3) is 11.1 Å². The van der Waals surface area contributed by atoms with Gasteiger partial charge in [0.25, 0.3) is 0 Å². The van der Waals surface area contributed by atoms with Gasteiger partial charge in [0.2, 0.25) is 0 Å². The molecule has 0 fully saturated rings. The summed E-state index contributed by atoms with van der Waals surface area (Å²) in [5.41, 5.74) is 8.74. The van der Waals surface area contributed by atoms with E-state index in [9.17, 15) is 0 Å². The van der Waals surface area contributed by atoms with Crippen molar-refractivity contribution >= 4 is 17.4 Å². The summed E-state index contributed by atoms with van der Waals surface area (Å²) in [5, 5.41) is 0.474. The van der Waals surface area contributed by atoms with Crippen molar-refractivity contribution < 1.29 is 0 Å². The molecule has 0 unspecified atom stereocenters. The maximum atomic E-state index is 5.83. The minimum Gasteiger partial charge on any atom is -0.384 e. The number of nitrogens with zero attached hydrogens (tertiary/aromatic N) is 2. The van der Waals surface area contributed by atoms with E-state index in [0.29, 0.717) is 11.0 Å². The smallest absolute Gasteiger partial charge is 0.129 e. The molecule has 76 valence electrons. The number of hydrogen-bond acceptors (Lipinski definition) is 3. The van der Waals surface area contributed by atoms with Crippen molar-refractivity contribution in [2.24, 2.45) is 0 Å². The molecular weight excluding hydrogens is 210 g/mol. The first-order chi connectivity index (χ1) is 7.16. The van der Waals surface area contributed by atoms with E-state index in [1.165, 1.54) is 0 Å². The van der Waals surface area contributed by atoms with Crippen LogP contribution in [0.4, 0.5) is 5.82 Å². The monoisotopic (exact) mass is 219 g/mol. The van der Waals surface area contributed by atoms with Crippen LogP contribution in [0.15, 0.2) is 30.6 Å². The van der Waals surface area contributed by atoms with E-state index in [-0.39, 0.29) is 0 Å². The van der Waals surface area contributed by atoms with Gasteiger partial charge >= 0.3 is 0 Å². The summed E-state index contributed by atoms with van der Waals surface area (Å²) in [6, 6.07) is 5.54. The maximum Gasteiger partial charge on any atom is 0.129 e. The zero-order valence-electron chi connectivity index (χ0n) is 8.24. The molecule has 2 heterocycles. The predicted molar refractivity (Wildman–Crippen MR) is 61.6 cm³/mol. The van der Waals surface area contributed by atoms with Crippen LogP contribution >= 0.6 is 11.6 Å². The predicted octanol–water partition coefficient (Wildman–Crippen LogP) is 2.69. The summed E-state index contributed by atoms with van der Waals surface area (Å²) >= 11 is 5.83. The lowest BCUT2D eigenvalue weighted by molar-refractivity contribution is 1.27. The number of nitrogen functional groups attached to an aromatic ring is 1. The highest BCUT2D eigenvalue weighted by molar-refractivity contribution is 6.29. The zero-order chi connectivity index (χ0) is 10.8. The minimum absolute atomic E-state index is 0.474. The molecule has 4 heteroatoms. The third kappa shape index (κ3) is 2.07. The second kappa shape index (κ2) is 3.87. The molecule has 15 heavy (non-hydrogen) atoms. The van der Waals surface area contributed by atoms with Crippen LogP contribution in [-0.4, -0.2) is 9.97 Å². The summed E-state index contributed by atoms with van der Waals surface area (Å²) in [7, 11) is 0. The SMILES string of the molecule is Cc1cnc(N)cc1-c1ccnc(Cl)c1. The molecule has 2 aromatic heterocycles. The molecular formula is C11H10ClN3. The van der Waals surface area contributed by atoms with Gasteiger partial charge in [-0.05, 0) is 41.8 Å². The highest BCUT2D eigenvalue weighted by Crippen LogP contribution is 2.25. The fourth-order valence-electron chi connectivity index (χ4n) is 1.42. The van der Waals surface area contributed by atoms with Crippen LogP contribution in [0.5, 0.6) is 0 Å². The minimum atomic E-state index is 0.474. The summed E-state index contributed by atoms with van der Waals surface area (Å²) in [6.07, 6.45) is 3.42. The van der Waals surface area contributed by atoms with Crippen LogP contribution < -0.4 is 5.73 Å². The Morgan fingerprint density at radius 1 is 1.27 bits per heavy atom. The summed E-state index contributed by atoms with van der Waals surface area (Å²) in [4.78, 5) is 7.95. The van der Waals surface area contributed by atoms with Crippen molar-refractivity contribution in [1.82, 2.24) is 9.97 Å². The second-order valence-electron chi connectivity index (χ2n) is 3.29. The number of hydrogen-bond donors (Lipinski definition) is 1. The molecule has 2 N–H and O–H groups in total. The third-order valence-electron chi connectivity index (χ3n) is 2.16. The fourth-order valence-corrected chi connectivity index (χ4v) is 1.59. The van der Waals surface area contributed by atoms with Gasteiger partial charge < -0.3 is 5.73 Å². The van der Waals surface area contributed by atoms with E-state index >= 15 is 0 Å².